The molecule has 2 N–H and O–H groups in total. The fourth-order valence-electron chi connectivity index (χ4n) is 3.80. The molecule has 2 aromatic rings. The van der Waals surface area contributed by atoms with E-state index >= 15 is 0 Å². The molecule has 1 aromatic carbocycles. The second-order valence-electron chi connectivity index (χ2n) is 6.75. The summed E-state index contributed by atoms with van der Waals surface area (Å²) < 4.78 is 0. The molecule has 1 aromatic heterocycles. The number of rotatable bonds is 6. The van der Waals surface area contributed by atoms with Crippen LogP contribution in [0.25, 0.3) is 0 Å². The van der Waals surface area contributed by atoms with Crippen molar-refractivity contribution >= 4 is 0 Å². The number of nitrogens with one attached hydrogen (secondary N) is 1. The van der Waals surface area contributed by atoms with Gasteiger partial charge in [-0.05, 0) is 60.4 Å². The number of hydrogen-bond acceptors (Lipinski definition) is 3. The van der Waals surface area contributed by atoms with Gasteiger partial charge < -0.3 is 10.4 Å². The van der Waals surface area contributed by atoms with Crippen LogP contribution in [0.3, 0.4) is 0 Å². The molecule has 1 aliphatic rings. The fourth-order valence-corrected chi connectivity index (χ4v) is 3.80. The molecule has 0 spiro atoms. The Morgan fingerprint density at radius 1 is 1.26 bits per heavy atom. The number of pyridine rings is 1. The van der Waals surface area contributed by atoms with Gasteiger partial charge in [-0.15, -0.1) is 0 Å². The average Bonchev–Trinajstić information content (AvgIpc) is 2.90. The molecule has 0 saturated carbocycles. The Labute approximate surface area is 138 Å². The van der Waals surface area contributed by atoms with E-state index in [1.807, 2.05) is 24.4 Å². The Balaban J connectivity index is 1.63. The van der Waals surface area contributed by atoms with E-state index in [-0.39, 0.29) is 12.5 Å². The van der Waals surface area contributed by atoms with Crippen molar-refractivity contribution in [2.24, 2.45) is 5.92 Å². The number of aliphatic hydroxyl groups excluding tert-OH is 1. The van der Waals surface area contributed by atoms with Gasteiger partial charge in [0.15, 0.2) is 0 Å². The lowest BCUT2D eigenvalue weighted by Crippen LogP contribution is -2.29. The van der Waals surface area contributed by atoms with Crippen molar-refractivity contribution in [1.29, 1.82) is 0 Å². The SMILES string of the molecule is Cc1cccc2c1C(C)CC2NCC(CO)Cc1ccccn1. The molecule has 0 bridgehead atoms. The quantitative estimate of drug-likeness (QED) is 0.860. The minimum Gasteiger partial charge on any atom is -0.396 e. The lowest BCUT2D eigenvalue weighted by atomic mass is 9.98. The van der Waals surface area contributed by atoms with Gasteiger partial charge in [0.05, 0.1) is 0 Å². The highest BCUT2D eigenvalue weighted by atomic mass is 16.3. The van der Waals surface area contributed by atoms with Crippen LogP contribution in [0.15, 0.2) is 42.6 Å². The van der Waals surface area contributed by atoms with Crippen LogP contribution in [0, 0.1) is 12.8 Å². The Morgan fingerprint density at radius 3 is 2.87 bits per heavy atom. The van der Waals surface area contributed by atoms with E-state index in [1.54, 1.807) is 0 Å². The van der Waals surface area contributed by atoms with Crippen LogP contribution in [0.4, 0.5) is 0 Å². The second-order valence-corrected chi connectivity index (χ2v) is 6.75. The van der Waals surface area contributed by atoms with Crippen LogP contribution >= 0.6 is 0 Å². The van der Waals surface area contributed by atoms with Gasteiger partial charge in [0, 0.05) is 31.1 Å². The van der Waals surface area contributed by atoms with Gasteiger partial charge in [-0.3, -0.25) is 4.98 Å². The van der Waals surface area contributed by atoms with Crippen molar-refractivity contribution < 1.29 is 5.11 Å². The molecular weight excluding hydrogens is 284 g/mol. The Morgan fingerprint density at radius 2 is 2.13 bits per heavy atom. The van der Waals surface area contributed by atoms with Crippen molar-refractivity contribution in [3.63, 3.8) is 0 Å². The van der Waals surface area contributed by atoms with Gasteiger partial charge in [0.25, 0.3) is 0 Å². The number of benzene rings is 1. The second kappa shape index (κ2) is 7.24. The molecule has 0 radical (unpaired) electrons. The first-order valence-corrected chi connectivity index (χ1v) is 8.52. The summed E-state index contributed by atoms with van der Waals surface area (Å²) in [6, 6.07) is 13.0. The molecule has 0 fully saturated rings. The Kier molecular flexibility index (Phi) is 5.09. The summed E-state index contributed by atoms with van der Waals surface area (Å²) in [6.07, 6.45) is 3.77. The Hall–Kier alpha value is -1.71. The molecule has 3 atom stereocenters. The highest BCUT2D eigenvalue weighted by molar-refractivity contribution is 5.43. The largest absolute Gasteiger partial charge is 0.396 e. The van der Waals surface area contributed by atoms with Crippen molar-refractivity contribution in [2.45, 2.75) is 38.6 Å². The summed E-state index contributed by atoms with van der Waals surface area (Å²) in [5.41, 5.74) is 5.39. The molecule has 1 aliphatic carbocycles. The summed E-state index contributed by atoms with van der Waals surface area (Å²) in [6.45, 7) is 5.52. The zero-order valence-corrected chi connectivity index (χ0v) is 14.0. The lowest BCUT2D eigenvalue weighted by molar-refractivity contribution is 0.217. The average molecular weight is 310 g/mol. The van der Waals surface area contributed by atoms with Crippen LogP contribution in [0.2, 0.25) is 0 Å². The molecule has 23 heavy (non-hydrogen) atoms. The molecule has 0 aliphatic heterocycles. The topological polar surface area (TPSA) is 45.1 Å². The zero-order chi connectivity index (χ0) is 16.2. The van der Waals surface area contributed by atoms with Crippen LogP contribution in [0.5, 0.6) is 0 Å². The van der Waals surface area contributed by atoms with E-state index < -0.39 is 0 Å². The van der Waals surface area contributed by atoms with E-state index in [0.29, 0.717) is 12.0 Å². The first-order chi connectivity index (χ1) is 11.2. The molecule has 3 heteroatoms. The lowest BCUT2D eigenvalue weighted by Gasteiger charge is -2.19. The van der Waals surface area contributed by atoms with Crippen LogP contribution in [-0.4, -0.2) is 23.2 Å². The number of aromatic nitrogens is 1. The van der Waals surface area contributed by atoms with Gasteiger partial charge in [0.1, 0.15) is 0 Å². The summed E-state index contributed by atoms with van der Waals surface area (Å²) in [5, 5.41) is 13.4. The fraction of sp³-hybridized carbons (Fsp3) is 0.450. The summed E-state index contributed by atoms with van der Waals surface area (Å²) in [7, 11) is 0. The van der Waals surface area contributed by atoms with Gasteiger partial charge in [-0.25, -0.2) is 0 Å². The summed E-state index contributed by atoms with van der Waals surface area (Å²) in [5.74, 6) is 0.807. The zero-order valence-electron chi connectivity index (χ0n) is 14.0. The van der Waals surface area contributed by atoms with E-state index in [2.05, 4.69) is 42.3 Å². The number of aryl methyl sites for hydroxylation is 1. The molecule has 122 valence electrons. The third kappa shape index (κ3) is 3.62. The number of hydrogen-bond donors (Lipinski definition) is 2. The number of aliphatic hydroxyl groups is 1. The van der Waals surface area contributed by atoms with Crippen LogP contribution in [-0.2, 0) is 6.42 Å². The van der Waals surface area contributed by atoms with Crippen molar-refractivity contribution in [1.82, 2.24) is 10.3 Å². The normalized spacial score (nSPS) is 21.2. The molecular formula is C20H26N2O. The van der Waals surface area contributed by atoms with Gasteiger partial charge in [-0.2, -0.15) is 0 Å². The summed E-state index contributed by atoms with van der Waals surface area (Å²) in [4.78, 5) is 4.37. The van der Waals surface area contributed by atoms with Crippen molar-refractivity contribution in [2.75, 3.05) is 13.2 Å². The van der Waals surface area contributed by atoms with E-state index in [9.17, 15) is 5.11 Å². The van der Waals surface area contributed by atoms with Crippen LogP contribution in [0.1, 0.15) is 47.7 Å². The molecule has 0 saturated heterocycles. The van der Waals surface area contributed by atoms with Crippen LogP contribution < -0.4 is 5.32 Å². The first-order valence-electron chi connectivity index (χ1n) is 8.52. The third-order valence-electron chi connectivity index (χ3n) is 4.95. The highest BCUT2D eigenvalue weighted by Gasteiger charge is 2.29. The van der Waals surface area contributed by atoms with E-state index in [0.717, 1.165) is 25.1 Å². The summed E-state index contributed by atoms with van der Waals surface area (Å²) >= 11 is 0. The van der Waals surface area contributed by atoms with Gasteiger partial charge in [-0.1, -0.05) is 31.2 Å². The minimum atomic E-state index is 0.187. The number of fused-ring (bicyclic) bond motifs is 1. The predicted molar refractivity (Wildman–Crippen MR) is 93.5 cm³/mol. The molecule has 1 heterocycles. The molecule has 3 rings (SSSR count). The molecule has 0 amide bonds. The van der Waals surface area contributed by atoms with Gasteiger partial charge in [0.2, 0.25) is 0 Å². The maximum Gasteiger partial charge on any atom is 0.0475 e. The van der Waals surface area contributed by atoms with Crippen molar-refractivity contribution in [3.8, 4) is 0 Å². The minimum absolute atomic E-state index is 0.187. The first kappa shape index (κ1) is 16.2. The maximum atomic E-state index is 9.68. The Bertz CT molecular complexity index is 641. The monoisotopic (exact) mass is 310 g/mol. The smallest absolute Gasteiger partial charge is 0.0475 e. The standard InChI is InChI=1S/C20H26N2O/c1-14-6-5-8-18-19(10-15(2)20(14)18)22-12-16(13-23)11-17-7-3-4-9-21-17/h3-9,15-16,19,22-23H,10-13H2,1-2H3. The van der Waals surface area contributed by atoms with E-state index in [1.165, 1.54) is 16.7 Å². The highest BCUT2D eigenvalue weighted by Crippen LogP contribution is 2.41. The molecule has 3 nitrogen and oxygen atoms in total. The molecule has 3 unspecified atom stereocenters. The predicted octanol–water partition coefficient (Wildman–Crippen LogP) is 3.38. The van der Waals surface area contributed by atoms with Gasteiger partial charge >= 0.3 is 0 Å². The van der Waals surface area contributed by atoms with Crippen molar-refractivity contribution in [3.05, 3.63) is 65.0 Å². The van der Waals surface area contributed by atoms with E-state index in [4.69, 9.17) is 0 Å². The third-order valence-corrected chi connectivity index (χ3v) is 4.95. The number of nitrogens with zero attached hydrogens (tertiary/aromatic N) is 1. The maximum absolute atomic E-state index is 9.68.